The second kappa shape index (κ2) is 5.77. The van der Waals surface area contributed by atoms with Crippen LogP contribution in [0.25, 0.3) is 11.5 Å². The maximum atomic E-state index is 5.56. The third-order valence-electron chi connectivity index (χ3n) is 2.31. The van der Waals surface area contributed by atoms with E-state index in [2.05, 4.69) is 10.2 Å². The first-order valence-corrected chi connectivity index (χ1v) is 6.45. The molecule has 2 rings (SSSR count). The molecule has 0 bridgehead atoms. The molecule has 0 aliphatic carbocycles. The van der Waals surface area contributed by atoms with Gasteiger partial charge in [0.25, 0.3) is 11.1 Å². The molecule has 0 aliphatic heterocycles. The molecule has 1 aromatic heterocycles. The highest BCUT2D eigenvalue weighted by atomic mass is 32.2. The first kappa shape index (κ1) is 12.8. The average molecular weight is 266 g/mol. The fourth-order valence-corrected chi connectivity index (χ4v) is 1.96. The molecule has 1 heterocycles. The van der Waals surface area contributed by atoms with Crippen LogP contribution in [-0.4, -0.2) is 30.2 Å². The van der Waals surface area contributed by atoms with Crippen LogP contribution in [-0.2, 0) is 0 Å². The van der Waals surface area contributed by atoms with Crippen LogP contribution in [0.5, 0.6) is 11.5 Å². The molecule has 0 radical (unpaired) electrons. The van der Waals surface area contributed by atoms with Gasteiger partial charge in [0.05, 0.1) is 19.8 Å². The molecule has 0 unspecified atom stereocenters. The number of hydrogen-bond donors (Lipinski definition) is 0. The number of methoxy groups -OCH3 is 2. The molecule has 0 saturated carbocycles. The highest BCUT2D eigenvalue weighted by Crippen LogP contribution is 2.33. The molecule has 0 fully saturated rings. The SMILES string of the molecule is CCSc1nnc(-c2cc(OC)ccc2OC)o1. The lowest BCUT2D eigenvalue weighted by Crippen LogP contribution is -1.90. The fourth-order valence-electron chi connectivity index (χ4n) is 1.48. The molecule has 96 valence electrons. The van der Waals surface area contributed by atoms with Crippen molar-refractivity contribution >= 4 is 11.8 Å². The third-order valence-corrected chi connectivity index (χ3v) is 3.01. The molecule has 5 nitrogen and oxygen atoms in total. The van der Waals surface area contributed by atoms with E-state index < -0.39 is 0 Å². The van der Waals surface area contributed by atoms with Gasteiger partial charge in [0.2, 0.25) is 0 Å². The van der Waals surface area contributed by atoms with E-state index in [9.17, 15) is 0 Å². The van der Waals surface area contributed by atoms with Gasteiger partial charge in [-0.1, -0.05) is 18.7 Å². The number of thioether (sulfide) groups is 1. The first-order chi connectivity index (χ1) is 8.78. The van der Waals surface area contributed by atoms with Crippen molar-refractivity contribution in [2.45, 2.75) is 12.1 Å². The van der Waals surface area contributed by atoms with Crippen molar-refractivity contribution in [3.63, 3.8) is 0 Å². The van der Waals surface area contributed by atoms with Gasteiger partial charge < -0.3 is 13.9 Å². The Morgan fingerprint density at radius 3 is 2.72 bits per heavy atom. The van der Waals surface area contributed by atoms with Crippen LogP contribution < -0.4 is 9.47 Å². The van der Waals surface area contributed by atoms with E-state index in [1.54, 1.807) is 14.2 Å². The van der Waals surface area contributed by atoms with Gasteiger partial charge in [-0.05, 0) is 24.0 Å². The summed E-state index contributed by atoms with van der Waals surface area (Å²) in [6.45, 7) is 2.03. The Balaban J connectivity index is 2.40. The highest BCUT2D eigenvalue weighted by molar-refractivity contribution is 7.99. The topological polar surface area (TPSA) is 57.4 Å². The van der Waals surface area contributed by atoms with E-state index in [1.807, 2.05) is 25.1 Å². The van der Waals surface area contributed by atoms with Gasteiger partial charge in [0.1, 0.15) is 11.5 Å². The molecule has 0 amide bonds. The summed E-state index contributed by atoms with van der Waals surface area (Å²) in [7, 11) is 3.21. The predicted octanol–water partition coefficient (Wildman–Crippen LogP) is 2.87. The van der Waals surface area contributed by atoms with Crippen LogP contribution in [0.4, 0.5) is 0 Å². The minimum Gasteiger partial charge on any atom is -0.497 e. The van der Waals surface area contributed by atoms with E-state index in [4.69, 9.17) is 13.9 Å². The van der Waals surface area contributed by atoms with Crippen molar-refractivity contribution in [3.05, 3.63) is 18.2 Å². The van der Waals surface area contributed by atoms with E-state index in [0.29, 0.717) is 22.6 Å². The van der Waals surface area contributed by atoms with Gasteiger partial charge in [0.15, 0.2) is 0 Å². The van der Waals surface area contributed by atoms with Gasteiger partial charge in [0, 0.05) is 0 Å². The lowest BCUT2D eigenvalue weighted by atomic mass is 10.2. The van der Waals surface area contributed by atoms with Crippen LogP contribution in [0, 0.1) is 0 Å². The smallest absolute Gasteiger partial charge is 0.276 e. The maximum absolute atomic E-state index is 5.56. The van der Waals surface area contributed by atoms with E-state index >= 15 is 0 Å². The molecule has 6 heteroatoms. The number of rotatable bonds is 5. The van der Waals surface area contributed by atoms with Gasteiger partial charge in [-0.25, -0.2) is 0 Å². The van der Waals surface area contributed by atoms with Crippen LogP contribution >= 0.6 is 11.8 Å². The summed E-state index contributed by atoms with van der Waals surface area (Å²) in [5, 5.41) is 8.53. The van der Waals surface area contributed by atoms with Crippen LogP contribution in [0.3, 0.4) is 0 Å². The van der Waals surface area contributed by atoms with Crippen LogP contribution in [0.15, 0.2) is 27.8 Å². The molecule has 1 aromatic carbocycles. The van der Waals surface area contributed by atoms with Gasteiger partial charge >= 0.3 is 0 Å². The van der Waals surface area contributed by atoms with Crippen molar-refractivity contribution in [1.82, 2.24) is 10.2 Å². The average Bonchev–Trinajstić information content (AvgIpc) is 2.87. The summed E-state index contributed by atoms with van der Waals surface area (Å²) in [6.07, 6.45) is 0. The summed E-state index contributed by atoms with van der Waals surface area (Å²) in [5.74, 6) is 2.71. The van der Waals surface area contributed by atoms with Crippen molar-refractivity contribution in [2.24, 2.45) is 0 Å². The number of aromatic nitrogens is 2. The highest BCUT2D eigenvalue weighted by Gasteiger charge is 2.14. The second-order valence-electron chi connectivity index (χ2n) is 3.37. The number of ether oxygens (including phenoxy) is 2. The lowest BCUT2D eigenvalue weighted by Gasteiger charge is -2.06. The molecule has 0 N–H and O–H groups in total. The summed E-state index contributed by atoms with van der Waals surface area (Å²) >= 11 is 1.50. The minimum atomic E-state index is 0.432. The Morgan fingerprint density at radius 1 is 1.22 bits per heavy atom. The van der Waals surface area contributed by atoms with Crippen LogP contribution in [0.2, 0.25) is 0 Å². The van der Waals surface area contributed by atoms with Crippen molar-refractivity contribution in [3.8, 4) is 23.0 Å². The monoisotopic (exact) mass is 266 g/mol. The lowest BCUT2D eigenvalue weighted by molar-refractivity contribution is 0.401. The Morgan fingerprint density at radius 2 is 2.06 bits per heavy atom. The van der Waals surface area contributed by atoms with E-state index in [-0.39, 0.29) is 0 Å². The molecule has 0 aliphatic rings. The Kier molecular flexibility index (Phi) is 4.09. The first-order valence-electron chi connectivity index (χ1n) is 5.47. The Hall–Kier alpha value is -1.69. The summed E-state index contributed by atoms with van der Waals surface area (Å²) in [5.41, 5.74) is 0.729. The van der Waals surface area contributed by atoms with E-state index in [0.717, 1.165) is 11.3 Å². The van der Waals surface area contributed by atoms with Gasteiger partial charge in [-0.2, -0.15) is 0 Å². The summed E-state index contributed by atoms with van der Waals surface area (Å²) in [4.78, 5) is 0. The fraction of sp³-hybridized carbons (Fsp3) is 0.333. The molecule has 2 aromatic rings. The summed E-state index contributed by atoms with van der Waals surface area (Å²) < 4.78 is 16.0. The number of hydrogen-bond acceptors (Lipinski definition) is 6. The molecular weight excluding hydrogens is 252 g/mol. The zero-order valence-corrected chi connectivity index (χ0v) is 11.3. The normalized spacial score (nSPS) is 10.4. The molecular formula is C12H14N2O3S. The zero-order chi connectivity index (χ0) is 13.0. The predicted molar refractivity (Wildman–Crippen MR) is 69.2 cm³/mol. The van der Waals surface area contributed by atoms with Crippen molar-refractivity contribution in [1.29, 1.82) is 0 Å². The second-order valence-corrected chi connectivity index (χ2v) is 4.59. The quantitative estimate of drug-likeness (QED) is 0.776. The van der Waals surface area contributed by atoms with Gasteiger partial charge in [-0.15, -0.1) is 10.2 Å². The Labute approximate surface area is 110 Å². The molecule has 0 spiro atoms. The minimum absolute atomic E-state index is 0.432. The van der Waals surface area contributed by atoms with Crippen molar-refractivity contribution < 1.29 is 13.9 Å². The number of benzene rings is 1. The third kappa shape index (κ3) is 2.59. The molecule has 18 heavy (non-hydrogen) atoms. The summed E-state index contributed by atoms with van der Waals surface area (Å²) in [6, 6.07) is 5.44. The standard InChI is InChI=1S/C12H14N2O3S/c1-4-18-12-14-13-11(17-12)9-7-8(15-2)5-6-10(9)16-3/h5-7H,4H2,1-3H3. The van der Waals surface area contributed by atoms with Crippen molar-refractivity contribution in [2.75, 3.05) is 20.0 Å². The van der Waals surface area contributed by atoms with Gasteiger partial charge in [-0.3, -0.25) is 0 Å². The molecule has 0 atom stereocenters. The van der Waals surface area contributed by atoms with Crippen LogP contribution in [0.1, 0.15) is 6.92 Å². The van der Waals surface area contributed by atoms with E-state index in [1.165, 1.54) is 11.8 Å². The zero-order valence-electron chi connectivity index (χ0n) is 10.5. The largest absolute Gasteiger partial charge is 0.497 e. The Bertz CT molecular complexity index is 528. The molecule has 0 saturated heterocycles. The number of nitrogens with zero attached hydrogens (tertiary/aromatic N) is 2. The maximum Gasteiger partial charge on any atom is 0.276 e.